The maximum atomic E-state index is 15.1. The van der Waals surface area contributed by atoms with Gasteiger partial charge in [0.1, 0.15) is 0 Å². The lowest BCUT2D eigenvalue weighted by Crippen LogP contribution is -2.30. The monoisotopic (exact) mass is 442 g/mol. The third kappa shape index (κ3) is 4.29. The molecule has 0 bridgehead atoms. The van der Waals surface area contributed by atoms with Gasteiger partial charge in [-0.1, -0.05) is 36.4 Å². The summed E-state index contributed by atoms with van der Waals surface area (Å²) < 4.78 is 59.3. The van der Waals surface area contributed by atoms with Crippen LogP contribution < -0.4 is 0 Å². The van der Waals surface area contributed by atoms with Crippen molar-refractivity contribution in [3.05, 3.63) is 84.0 Å². The summed E-state index contributed by atoms with van der Waals surface area (Å²) in [5.41, 5.74) is 0.0722. The molecule has 0 saturated heterocycles. The predicted octanol–water partition coefficient (Wildman–Crippen LogP) is 8.51. The number of hydrogen-bond donors (Lipinski definition) is 0. The van der Waals surface area contributed by atoms with Crippen LogP contribution in [0.2, 0.25) is 0 Å². The Morgan fingerprint density at radius 1 is 0.750 bits per heavy atom. The molecule has 2 aromatic rings. The number of rotatable bonds is 6. The van der Waals surface area contributed by atoms with Crippen molar-refractivity contribution >= 4 is 0 Å². The van der Waals surface area contributed by atoms with Gasteiger partial charge in [-0.2, -0.15) is 0 Å². The summed E-state index contributed by atoms with van der Waals surface area (Å²) in [5, 5.41) is 0. The van der Waals surface area contributed by atoms with Crippen LogP contribution in [-0.4, -0.2) is 0 Å². The highest BCUT2D eigenvalue weighted by Gasteiger charge is 2.36. The second kappa shape index (κ2) is 9.64. The van der Waals surface area contributed by atoms with Gasteiger partial charge in [0.05, 0.1) is 0 Å². The highest BCUT2D eigenvalue weighted by atomic mass is 19.2. The summed E-state index contributed by atoms with van der Waals surface area (Å²) in [7, 11) is 0. The standard InChI is InChI=1S/C28H30F4/c1-3-5-6-18-11-12-23(27(31)25(18)29)24-14-13-22(26(30)28(24)32)21-10-9-19-15-17(4-2)7-8-20(19)16-21/h3-4,11-14,17,19-21H,1-2,5-10,15-16H2. The first-order chi connectivity index (χ1) is 15.4. The molecule has 4 unspecified atom stereocenters. The molecule has 2 fully saturated rings. The van der Waals surface area contributed by atoms with Crippen LogP contribution in [0.15, 0.2) is 49.6 Å². The maximum absolute atomic E-state index is 15.1. The Morgan fingerprint density at radius 2 is 1.41 bits per heavy atom. The largest absolute Gasteiger partial charge is 0.203 e. The Morgan fingerprint density at radius 3 is 2.12 bits per heavy atom. The number of halogens is 4. The van der Waals surface area contributed by atoms with Crippen LogP contribution in [0.1, 0.15) is 62.0 Å². The zero-order valence-corrected chi connectivity index (χ0v) is 18.4. The third-order valence-electron chi connectivity index (χ3n) is 7.61. The molecule has 2 saturated carbocycles. The van der Waals surface area contributed by atoms with Gasteiger partial charge in [0.2, 0.25) is 0 Å². The van der Waals surface area contributed by atoms with Gasteiger partial charge in [-0.05, 0) is 86.2 Å². The number of benzene rings is 2. The van der Waals surface area contributed by atoms with Gasteiger partial charge in [-0.25, -0.2) is 17.6 Å². The zero-order valence-electron chi connectivity index (χ0n) is 18.4. The van der Waals surface area contributed by atoms with Crippen molar-refractivity contribution in [3.63, 3.8) is 0 Å². The average Bonchev–Trinajstić information content (AvgIpc) is 2.81. The first-order valence-electron chi connectivity index (χ1n) is 11.6. The summed E-state index contributed by atoms with van der Waals surface area (Å²) in [4.78, 5) is 0. The van der Waals surface area contributed by atoms with Crippen molar-refractivity contribution in [2.45, 2.75) is 57.3 Å². The van der Waals surface area contributed by atoms with E-state index >= 15 is 8.78 Å². The van der Waals surface area contributed by atoms with Crippen molar-refractivity contribution in [2.75, 3.05) is 0 Å². The fourth-order valence-electron chi connectivity index (χ4n) is 5.76. The van der Waals surface area contributed by atoms with Crippen molar-refractivity contribution in [1.29, 1.82) is 0 Å². The van der Waals surface area contributed by atoms with Crippen molar-refractivity contribution in [3.8, 4) is 11.1 Å². The van der Waals surface area contributed by atoms with Gasteiger partial charge < -0.3 is 0 Å². The molecule has 2 aliphatic carbocycles. The lowest BCUT2D eigenvalue weighted by atomic mass is 9.64. The maximum Gasteiger partial charge on any atom is 0.167 e. The molecule has 0 nitrogen and oxygen atoms in total. The van der Waals surface area contributed by atoms with E-state index in [2.05, 4.69) is 13.2 Å². The first kappa shape index (κ1) is 22.8. The van der Waals surface area contributed by atoms with Crippen LogP contribution in [-0.2, 0) is 6.42 Å². The van der Waals surface area contributed by atoms with E-state index in [9.17, 15) is 8.78 Å². The normalized spacial score (nSPS) is 25.2. The SMILES string of the molecule is C=CCCc1ccc(-c2ccc(C3CCC4CC(C=C)CCC4C3)c(F)c2F)c(F)c1F. The molecular formula is C28H30F4. The summed E-state index contributed by atoms with van der Waals surface area (Å²) in [6.07, 6.45) is 10.5. The fraction of sp³-hybridized carbons (Fsp3) is 0.429. The average molecular weight is 443 g/mol. The van der Waals surface area contributed by atoms with Crippen LogP contribution in [0.4, 0.5) is 17.6 Å². The molecule has 0 spiro atoms. The molecule has 4 rings (SSSR count). The molecule has 32 heavy (non-hydrogen) atoms. The quantitative estimate of drug-likeness (QED) is 0.311. The van der Waals surface area contributed by atoms with Gasteiger partial charge in [0.15, 0.2) is 23.3 Å². The third-order valence-corrected chi connectivity index (χ3v) is 7.61. The summed E-state index contributed by atoms with van der Waals surface area (Å²) >= 11 is 0. The Labute approximate surface area is 188 Å². The molecule has 170 valence electrons. The molecule has 0 N–H and O–H groups in total. The van der Waals surface area contributed by atoms with Gasteiger partial charge >= 0.3 is 0 Å². The smallest absolute Gasteiger partial charge is 0.167 e. The van der Waals surface area contributed by atoms with Crippen LogP contribution in [0.25, 0.3) is 11.1 Å². The van der Waals surface area contributed by atoms with E-state index in [1.54, 1.807) is 12.1 Å². The van der Waals surface area contributed by atoms with Gasteiger partial charge in [0.25, 0.3) is 0 Å². The first-order valence-corrected chi connectivity index (χ1v) is 11.6. The summed E-state index contributed by atoms with van der Waals surface area (Å²) in [5.74, 6) is -2.49. The molecule has 2 aliphatic rings. The van der Waals surface area contributed by atoms with E-state index in [4.69, 9.17) is 0 Å². The van der Waals surface area contributed by atoms with Crippen LogP contribution >= 0.6 is 0 Å². The van der Waals surface area contributed by atoms with Crippen LogP contribution in [0, 0.1) is 41.0 Å². The number of aryl methyl sites for hydroxylation is 1. The van der Waals surface area contributed by atoms with E-state index in [-0.39, 0.29) is 22.6 Å². The highest BCUT2D eigenvalue weighted by molar-refractivity contribution is 5.66. The summed E-state index contributed by atoms with van der Waals surface area (Å²) in [6.45, 7) is 7.50. The Hall–Kier alpha value is -2.36. The van der Waals surface area contributed by atoms with E-state index in [0.717, 1.165) is 38.5 Å². The fourth-order valence-corrected chi connectivity index (χ4v) is 5.76. The molecule has 0 heterocycles. The predicted molar refractivity (Wildman–Crippen MR) is 121 cm³/mol. The number of hydrogen-bond acceptors (Lipinski definition) is 0. The Kier molecular flexibility index (Phi) is 6.88. The number of fused-ring (bicyclic) bond motifs is 1. The zero-order chi connectivity index (χ0) is 22.8. The summed E-state index contributed by atoms with van der Waals surface area (Å²) in [6, 6.07) is 5.73. The van der Waals surface area contributed by atoms with Crippen molar-refractivity contribution < 1.29 is 17.6 Å². The minimum absolute atomic E-state index is 0.0389. The molecule has 0 aromatic heterocycles. The van der Waals surface area contributed by atoms with Crippen molar-refractivity contribution in [2.24, 2.45) is 17.8 Å². The molecule has 0 aliphatic heterocycles. The van der Waals surface area contributed by atoms with Gasteiger partial charge in [-0.3, -0.25) is 0 Å². The molecule has 0 amide bonds. The highest BCUT2D eigenvalue weighted by Crippen LogP contribution is 2.48. The van der Waals surface area contributed by atoms with Crippen LogP contribution in [0.5, 0.6) is 0 Å². The molecule has 2 aromatic carbocycles. The lowest BCUT2D eigenvalue weighted by Gasteiger charge is -2.41. The lowest BCUT2D eigenvalue weighted by molar-refractivity contribution is 0.132. The van der Waals surface area contributed by atoms with E-state index in [1.807, 2.05) is 6.08 Å². The second-order valence-corrected chi connectivity index (χ2v) is 9.40. The van der Waals surface area contributed by atoms with E-state index in [0.29, 0.717) is 36.2 Å². The minimum Gasteiger partial charge on any atom is -0.203 e. The van der Waals surface area contributed by atoms with Crippen LogP contribution in [0.3, 0.4) is 0 Å². The Balaban J connectivity index is 1.58. The molecule has 4 atom stereocenters. The van der Waals surface area contributed by atoms with Gasteiger partial charge in [-0.15, -0.1) is 13.2 Å². The minimum atomic E-state index is -1.14. The van der Waals surface area contributed by atoms with Crippen molar-refractivity contribution in [1.82, 2.24) is 0 Å². The Bertz CT molecular complexity index is 1010. The topological polar surface area (TPSA) is 0 Å². The molecular weight excluding hydrogens is 412 g/mol. The van der Waals surface area contributed by atoms with Gasteiger partial charge in [0, 0.05) is 11.1 Å². The molecule has 0 radical (unpaired) electrons. The number of allylic oxidation sites excluding steroid dienone is 2. The second-order valence-electron chi connectivity index (χ2n) is 9.40. The molecule has 4 heteroatoms. The van der Waals surface area contributed by atoms with E-state index in [1.165, 1.54) is 18.2 Å². The van der Waals surface area contributed by atoms with E-state index < -0.39 is 23.3 Å².